The first-order valence-electron chi connectivity index (χ1n) is 10.7. The summed E-state index contributed by atoms with van der Waals surface area (Å²) in [6.45, 7) is 6.06. The number of ether oxygens (including phenoxy) is 1. The van der Waals surface area contributed by atoms with E-state index in [-0.39, 0.29) is 12.0 Å². The number of benzene rings is 2. The number of carbonyl (C=O) groups is 1. The van der Waals surface area contributed by atoms with Crippen molar-refractivity contribution in [1.29, 1.82) is 0 Å². The predicted molar refractivity (Wildman–Crippen MR) is 118 cm³/mol. The third-order valence-corrected chi connectivity index (χ3v) is 6.58. The van der Waals surface area contributed by atoms with E-state index in [0.717, 1.165) is 30.3 Å². The topological polar surface area (TPSA) is 32.8 Å². The summed E-state index contributed by atoms with van der Waals surface area (Å²) in [7, 11) is 0. The summed E-state index contributed by atoms with van der Waals surface area (Å²) in [6.07, 6.45) is 3.62. The molecule has 2 aromatic rings. The molecule has 4 nitrogen and oxygen atoms in total. The van der Waals surface area contributed by atoms with Gasteiger partial charge in [-0.1, -0.05) is 55.3 Å². The lowest BCUT2D eigenvalue weighted by atomic mass is 9.94. The maximum Gasteiger partial charge on any atom is 0.255 e. The van der Waals surface area contributed by atoms with E-state index < -0.39 is 0 Å². The molecule has 154 valence electrons. The highest BCUT2D eigenvalue weighted by atomic mass is 35.5. The summed E-state index contributed by atoms with van der Waals surface area (Å²) in [5.41, 5.74) is 2.79. The van der Waals surface area contributed by atoms with E-state index in [2.05, 4.69) is 11.8 Å². The number of anilines is 1. The SMILES string of the molecule is CCC1CCN(c2ccc(C(=O)N3CCO[C@@H](c4ccccc4)C3)c(Cl)c2)CC1. The molecule has 29 heavy (non-hydrogen) atoms. The monoisotopic (exact) mass is 412 g/mol. The van der Waals surface area contributed by atoms with E-state index in [4.69, 9.17) is 16.3 Å². The van der Waals surface area contributed by atoms with Crippen LogP contribution in [0.5, 0.6) is 0 Å². The lowest BCUT2D eigenvalue weighted by Crippen LogP contribution is -2.42. The van der Waals surface area contributed by atoms with Gasteiger partial charge in [0.25, 0.3) is 5.91 Å². The van der Waals surface area contributed by atoms with Crippen LogP contribution in [0.15, 0.2) is 48.5 Å². The molecule has 1 atom stereocenters. The zero-order valence-electron chi connectivity index (χ0n) is 17.0. The van der Waals surface area contributed by atoms with Crippen LogP contribution in [0.4, 0.5) is 5.69 Å². The van der Waals surface area contributed by atoms with Crippen LogP contribution in [0.2, 0.25) is 5.02 Å². The van der Waals surface area contributed by atoms with Crippen molar-refractivity contribution in [2.45, 2.75) is 32.3 Å². The van der Waals surface area contributed by atoms with Gasteiger partial charge in [0.1, 0.15) is 6.10 Å². The molecule has 0 saturated carbocycles. The molecule has 0 aromatic heterocycles. The summed E-state index contributed by atoms with van der Waals surface area (Å²) >= 11 is 6.57. The number of piperidine rings is 1. The minimum Gasteiger partial charge on any atom is -0.371 e. The molecular weight excluding hydrogens is 384 g/mol. The van der Waals surface area contributed by atoms with Crippen molar-refractivity contribution in [1.82, 2.24) is 4.90 Å². The third-order valence-electron chi connectivity index (χ3n) is 6.27. The van der Waals surface area contributed by atoms with Crippen molar-refractivity contribution in [3.8, 4) is 0 Å². The van der Waals surface area contributed by atoms with Crippen LogP contribution in [-0.2, 0) is 4.74 Å². The molecule has 2 saturated heterocycles. The van der Waals surface area contributed by atoms with Gasteiger partial charge >= 0.3 is 0 Å². The Morgan fingerprint density at radius 1 is 1.10 bits per heavy atom. The van der Waals surface area contributed by atoms with Crippen molar-refractivity contribution in [3.63, 3.8) is 0 Å². The second kappa shape index (κ2) is 9.19. The quantitative estimate of drug-likeness (QED) is 0.693. The Kier molecular flexibility index (Phi) is 6.41. The molecule has 1 amide bonds. The van der Waals surface area contributed by atoms with Crippen LogP contribution >= 0.6 is 11.6 Å². The maximum absolute atomic E-state index is 13.1. The van der Waals surface area contributed by atoms with Gasteiger partial charge in [0, 0.05) is 25.3 Å². The fourth-order valence-electron chi connectivity index (χ4n) is 4.35. The van der Waals surface area contributed by atoms with Gasteiger partial charge in [-0.05, 0) is 42.5 Å². The van der Waals surface area contributed by atoms with Crippen LogP contribution < -0.4 is 4.90 Å². The lowest BCUT2D eigenvalue weighted by Gasteiger charge is -2.34. The first-order valence-corrected chi connectivity index (χ1v) is 11.0. The van der Waals surface area contributed by atoms with E-state index in [1.54, 1.807) is 0 Å². The number of hydrogen-bond donors (Lipinski definition) is 0. The first-order chi connectivity index (χ1) is 14.2. The molecule has 2 heterocycles. The average Bonchev–Trinajstić information content (AvgIpc) is 2.79. The second-order valence-corrected chi connectivity index (χ2v) is 8.43. The van der Waals surface area contributed by atoms with Gasteiger partial charge < -0.3 is 14.5 Å². The largest absolute Gasteiger partial charge is 0.371 e. The second-order valence-electron chi connectivity index (χ2n) is 8.02. The molecule has 4 rings (SSSR count). The number of morpholine rings is 1. The van der Waals surface area contributed by atoms with Crippen LogP contribution in [-0.4, -0.2) is 43.6 Å². The number of halogens is 1. The van der Waals surface area contributed by atoms with Crippen LogP contribution in [0.3, 0.4) is 0 Å². The number of hydrogen-bond acceptors (Lipinski definition) is 3. The number of carbonyl (C=O) groups excluding carboxylic acids is 1. The molecule has 0 radical (unpaired) electrons. The molecule has 5 heteroatoms. The lowest BCUT2D eigenvalue weighted by molar-refractivity contribution is -0.0228. The Morgan fingerprint density at radius 2 is 1.86 bits per heavy atom. The highest BCUT2D eigenvalue weighted by molar-refractivity contribution is 6.34. The van der Waals surface area contributed by atoms with Crippen molar-refractivity contribution < 1.29 is 9.53 Å². The number of amides is 1. The Bertz CT molecular complexity index is 834. The normalized spacial score (nSPS) is 20.7. The van der Waals surface area contributed by atoms with Gasteiger partial charge in [0.2, 0.25) is 0 Å². The standard InChI is InChI=1S/C24H29ClN2O2/c1-2-18-10-12-26(13-11-18)20-8-9-21(22(25)16-20)24(28)27-14-15-29-23(17-27)19-6-4-3-5-7-19/h3-9,16,18,23H,2,10-15,17H2,1H3/t23-/m1/s1. The van der Waals surface area contributed by atoms with Crippen LogP contribution in [0.1, 0.15) is 48.2 Å². The van der Waals surface area contributed by atoms with Crippen molar-refractivity contribution in [2.24, 2.45) is 5.92 Å². The molecule has 0 aliphatic carbocycles. The Morgan fingerprint density at radius 3 is 2.55 bits per heavy atom. The Labute approximate surface area is 178 Å². The smallest absolute Gasteiger partial charge is 0.255 e. The molecule has 0 N–H and O–H groups in total. The van der Waals surface area contributed by atoms with E-state index in [0.29, 0.717) is 30.3 Å². The fourth-order valence-corrected chi connectivity index (χ4v) is 4.60. The maximum atomic E-state index is 13.1. The molecular formula is C24H29ClN2O2. The summed E-state index contributed by atoms with van der Waals surface area (Å²) in [6, 6.07) is 16.0. The third kappa shape index (κ3) is 4.59. The Balaban J connectivity index is 1.44. The van der Waals surface area contributed by atoms with Crippen LogP contribution in [0.25, 0.3) is 0 Å². The van der Waals surface area contributed by atoms with Crippen molar-refractivity contribution >= 4 is 23.2 Å². The molecule has 0 unspecified atom stereocenters. The van der Waals surface area contributed by atoms with Gasteiger partial charge in [-0.25, -0.2) is 0 Å². The highest BCUT2D eigenvalue weighted by Gasteiger charge is 2.27. The summed E-state index contributed by atoms with van der Waals surface area (Å²) < 4.78 is 5.89. The Hall–Kier alpha value is -2.04. The zero-order valence-corrected chi connectivity index (χ0v) is 17.8. The van der Waals surface area contributed by atoms with Gasteiger partial charge in [0.05, 0.1) is 23.7 Å². The molecule has 2 fully saturated rings. The number of nitrogens with zero attached hydrogens (tertiary/aromatic N) is 2. The summed E-state index contributed by atoms with van der Waals surface area (Å²) in [5.74, 6) is 0.817. The molecule has 2 aliphatic rings. The van der Waals surface area contributed by atoms with Gasteiger partial charge in [-0.15, -0.1) is 0 Å². The van der Waals surface area contributed by atoms with Gasteiger partial charge in [-0.2, -0.15) is 0 Å². The van der Waals surface area contributed by atoms with Crippen LogP contribution in [0, 0.1) is 5.92 Å². The van der Waals surface area contributed by atoms with Crippen molar-refractivity contribution in [2.75, 3.05) is 37.7 Å². The minimum atomic E-state index is -0.0909. The number of rotatable bonds is 4. The fraction of sp³-hybridized carbons (Fsp3) is 0.458. The molecule has 0 spiro atoms. The van der Waals surface area contributed by atoms with E-state index in [9.17, 15) is 4.79 Å². The van der Waals surface area contributed by atoms with E-state index in [1.165, 1.54) is 19.3 Å². The van der Waals surface area contributed by atoms with Gasteiger partial charge in [0.15, 0.2) is 0 Å². The summed E-state index contributed by atoms with van der Waals surface area (Å²) in [5, 5.41) is 0.535. The summed E-state index contributed by atoms with van der Waals surface area (Å²) in [4.78, 5) is 17.4. The first kappa shape index (κ1) is 20.2. The van der Waals surface area contributed by atoms with E-state index >= 15 is 0 Å². The predicted octanol–water partition coefficient (Wildman–Crippen LogP) is 5.18. The highest BCUT2D eigenvalue weighted by Crippen LogP contribution is 2.30. The average molecular weight is 413 g/mol. The zero-order chi connectivity index (χ0) is 20.2. The van der Waals surface area contributed by atoms with E-state index in [1.807, 2.05) is 53.4 Å². The van der Waals surface area contributed by atoms with Gasteiger partial charge in [-0.3, -0.25) is 4.79 Å². The molecule has 0 bridgehead atoms. The molecule has 2 aromatic carbocycles. The molecule has 2 aliphatic heterocycles. The van der Waals surface area contributed by atoms with Crippen molar-refractivity contribution in [3.05, 3.63) is 64.7 Å². The minimum absolute atomic E-state index is 0.0181.